The van der Waals surface area contributed by atoms with E-state index in [4.69, 9.17) is 9.47 Å². The molecule has 0 radical (unpaired) electrons. The first-order valence-electron chi connectivity index (χ1n) is 11.4. The number of rotatable bonds is 13. The summed E-state index contributed by atoms with van der Waals surface area (Å²) in [7, 11) is 0. The van der Waals surface area contributed by atoms with Crippen LogP contribution in [0.25, 0.3) is 0 Å². The van der Waals surface area contributed by atoms with Crippen molar-refractivity contribution in [3.63, 3.8) is 0 Å². The summed E-state index contributed by atoms with van der Waals surface area (Å²) in [5, 5.41) is 0. The highest BCUT2D eigenvalue weighted by molar-refractivity contribution is 5.83. The van der Waals surface area contributed by atoms with E-state index in [0.29, 0.717) is 13.2 Å². The molecule has 0 amide bonds. The zero-order valence-corrected chi connectivity index (χ0v) is 18.1. The van der Waals surface area contributed by atoms with Gasteiger partial charge in [-0.25, -0.2) is 0 Å². The highest BCUT2D eigenvalue weighted by Gasteiger charge is 2.47. The Morgan fingerprint density at radius 1 is 0.667 bits per heavy atom. The van der Waals surface area contributed by atoms with Gasteiger partial charge in [-0.3, -0.25) is 9.59 Å². The predicted molar refractivity (Wildman–Crippen MR) is 109 cm³/mol. The lowest BCUT2D eigenvalue weighted by Gasteiger charge is -2.40. The lowest BCUT2D eigenvalue weighted by Crippen LogP contribution is -2.45. The smallest absolute Gasteiger partial charge is 0.310 e. The Balaban J connectivity index is 2.96. The summed E-state index contributed by atoms with van der Waals surface area (Å²) >= 11 is 0. The number of ether oxygens (including phenoxy) is 2. The monoisotopic (exact) mass is 382 g/mol. The van der Waals surface area contributed by atoms with Crippen molar-refractivity contribution in [2.24, 2.45) is 23.7 Å². The molecule has 0 N–H and O–H groups in total. The molecule has 4 nitrogen and oxygen atoms in total. The van der Waals surface area contributed by atoms with Gasteiger partial charge in [0.05, 0.1) is 25.0 Å². The van der Waals surface area contributed by atoms with E-state index in [9.17, 15) is 9.59 Å². The van der Waals surface area contributed by atoms with Crippen molar-refractivity contribution in [1.82, 2.24) is 0 Å². The van der Waals surface area contributed by atoms with Gasteiger partial charge >= 0.3 is 11.9 Å². The third kappa shape index (κ3) is 7.83. The maximum Gasteiger partial charge on any atom is 0.310 e. The molecular weight excluding hydrogens is 340 g/mol. The van der Waals surface area contributed by atoms with Crippen molar-refractivity contribution in [3.8, 4) is 0 Å². The second-order valence-electron chi connectivity index (χ2n) is 8.00. The number of carbonyl (C=O) groups excluding carboxylic acids is 2. The molecule has 1 aliphatic carbocycles. The van der Waals surface area contributed by atoms with Gasteiger partial charge in [0.25, 0.3) is 0 Å². The van der Waals surface area contributed by atoms with Gasteiger partial charge in [0.2, 0.25) is 0 Å². The molecule has 1 aliphatic rings. The molecule has 0 aromatic rings. The van der Waals surface area contributed by atoms with Crippen molar-refractivity contribution >= 4 is 11.9 Å². The van der Waals surface area contributed by atoms with E-state index < -0.39 is 0 Å². The molecule has 4 heteroatoms. The van der Waals surface area contributed by atoms with Gasteiger partial charge in [-0.15, -0.1) is 0 Å². The number of unbranched alkanes of at least 4 members (excludes halogenated alkanes) is 5. The summed E-state index contributed by atoms with van der Waals surface area (Å²) in [5.41, 5.74) is 0. The molecule has 27 heavy (non-hydrogen) atoms. The minimum absolute atomic E-state index is 0.184. The Labute approximate surface area is 166 Å². The molecule has 1 saturated carbocycles. The maximum absolute atomic E-state index is 12.9. The van der Waals surface area contributed by atoms with E-state index in [0.717, 1.165) is 44.9 Å². The Kier molecular flexibility index (Phi) is 12.4. The van der Waals surface area contributed by atoms with Crippen LogP contribution in [-0.2, 0) is 19.1 Å². The van der Waals surface area contributed by atoms with Gasteiger partial charge in [-0.2, -0.15) is 0 Å². The fraction of sp³-hybridized carbons (Fsp3) is 0.913. The first-order chi connectivity index (χ1) is 13.1. The molecule has 0 heterocycles. The van der Waals surface area contributed by atoms with Crippen LogP contribution >= 0.6 is 0 Å². The van der Waals surface area contributed by atoms with E-state index in [-0.39, 0.29) is 35.6 Å². The summed E-state index contributed by atoms with van der Waals surface area (Å²) in [4.78, 5) is 25.7. The normalized spacial score (nSPS) is 25.2. The Morgan fingerprint density at radius 2 is 1.07 bits per heavy atom. The van der Waals surface area contributed by atoms with E-state index in [2.05, 4.69) is 13.8 Å². The van der Waals surface area contributed by atoms with Crippen molar-refractivity contribution in [3.05, 3.63) is 0 Å². The molecule has 1 rings (SSSR count). The van der Waals surface area contributed by atoms with E-state index in [1.165, 1.54) is 25.7 Å². The third-order valence-electron chi connectivity index (χ3n) is 6.04. The van der Waals surface area contributed by atoms with Gasteiger partial charge in [-0.05, 0) is 51.4 Å². The van der Waals surface area contributed by atoms with Crippen molar-refractivity contribution in [2.45, 2.75) is 98.3 Å². The maximum atomic E-state index is 12.9. The fourth-order valence-electron chi connectivity index (χ4n) is 4.67. The first-order valence-corrected chi connectivity index (χ1v) is 11.4. The van der Waals surface area contributed by atoms with Crippen LogP contribution < -0.4 is 0 Å². The molecule has 158 valence electrons. The number of hydrogen-bond acceptors (Lipinski definition) is 4. The van der Waals surface area contributed by atoms with Crippen LogP contribution in [0.5, 0.6) is 0 Å². The highest BCUT2D eigenvalue weighted by Crippen LogP contribution is 2.44. The third-order valence-corrected chi connectivity index (χ3v) is 6.04. The largest absolute Gasteiger partial charge is 0.466 e. The zero-order valence-electron chi connectivity index (χ0n) is 18.1. The van der Waals surface area contributed by atoms with Gasteiger partial charge in [0.1, 0.15) is 0 Å². The van der Waals surface area contributed by atoms with Crippen LogP contribution in [0.2, 0.25) is 0 Å². The van der Waals surface area contributed by atoms with Crippen LogP contribution in [0.3, 0.4) is 0 Å². The minimum Gasteiger partial charge on any atom is -0.466 e. The Morgan fingerprint density at radius 3 is 1.48 bits per heavy atom. The average Bonchev–Trinajstić information content (AvgIpc) is 2.66. The molecule has 1 fully saturated rings. The predicted octanol–water partition coefficient (Wildman–Crippen LogP) is 5.92. The van der Waals surface area contributed by atoms with Crippen LogP contribution in [0.15, 0.2) is 0 Å². The van der Waals surface area contributed by atoms with E-state index in [1.807, 2.05) is 13.8 Å². The highest BCUT2D eigenvalue weighted by atomic mass is 16.5. The molecule has 0 spiro atoms. The zero-order chi connectivity index (χ0) is 20.1. The first kappa shape index (κ1) is 24.0. The van der Waals surface area contributed by atoms with Gasteiger partial charge in [0, 0.05) is 0 Å². The lowest BCUT2D eigenvalue weighted by atomic mass is 9.64. The summed E-state index contributed by atoms with van der Waals surface area (Å²) < 4.78 is 10.8. The SMILES string of the molecule is CCCCCCC1CCC(CCCCC)C(C(=O)OCC)C1C(=O)OCC. The van der Waals surface area contributed by atoms with Crippen LogP contribution in [0.4, 0.5) is 0 Å². The van der Waals surface area contributed by atoms with Crippen LogP contribution in [-0.4, -0.2) is 25.2 Å². The fourth-order valence-corrected chi connectivity index (χ4v) is 4.67. The molecule has 0 aromatic carbocycles. The molecule has 4 atom stereocenters. The molecule has 0 bridgehead atoms. The lowest BCUT2D eigenvalue weighted by molar-refractivity contribution is -0.169. The summed E-state index contributed by atoms with van der Waals surface area (Å²) in [6.45, 7) is 8.82. The quantitative estimate of drug-likeness (QED) is 0.293. The molecule has 0 saturated heterocycles. The van der Waals surface area contributed by atoms with E-state index in [1.54, 1.807) is 0 Å². The number of carbonyl (C=O) groups is 2. The summed E-state index contributed by atoms with van der Waals surface area (Å²) in [5.74, 6) is -0.530. The van der Waals surface area contributed by atoms with Crippen LogP contribution in [0.1, 0.15) is 98.3 Å². The minimum atomic E-state index is -0.328. The molecule has 4 unspecified atom stereocenters. The Bertz CT molecular complexity index is 421. The molecular formula is C23H42O4. The Hall–Kier alpha value is -1.06. The second-order valence-corrected chi connectivity index (χ2v) is 8.00. The average molecular weight is 383 g/mol. The van der Waals surface area contributed by atoms with Gasteiger partial charge in [0.15, 0.2) is 0 Å². The summed E-state index contributed by atoms with van der Waals surface area (Å²) in [6.07, 6.45) is 12.3. The van der Waals surface area contributed by atoms with E-state index >= 15 is 0 Å². The molecule has 0 aliphatic heterocycles. The van der Waals surface area contributed by atoms with Crippen LogP contribution in [0, 0.1) is 23.7 Å². The van der Waals surface area contributed by atoms with Crippen molar-refractivity contribution in [2.75, 3.05) is 13.2 Å². The topological polar surface area (TPSA) is 52.6 Å². The number of esters is 2. The van der Waals surface area contributed by atoms with Gasteiger partial charge in [-0.1, -0.05) is 58.8 Å². The second kappa shape index (κ2) is 14.0. The van der Waals surface area contributed by atoms with Crippen molar-refractivity contribution < 1.29 is 19.1 Å². The number of hydrogen-bond donors (Lipinski definition) is 0. The van der Waals surface area contributed by atoms with Crippen molar-refractivity contribution in [1.29, 1.82) is 0 Å². The van der Waals surface area contributed by atoms with Gasteiger partial charge < -0.3 is 9.47 Å². The molecule has 0 aromatic heterocycles. The standard InChI is InChI=1S/C23H42O4/c1-5-9-11-13-15-19-17-16-18(14-12-10-6-2)20(22(24)26-7-3)21(19)23(25)27-8-4/h18-21H,5-17H2,1-4H3. The summed E-state index contributed by atoms with van der Waals surface area (Å²) in [6, 6.07) is 0.